The second-order valence-electron chi connectivity index (χ2n) is 5.09. The molecule has 0 fully saturated rings. The number of aromatic nitrogens is 2. The van der Waals surface area contributed by atoms with E-state index in [1.165, 1.54) is 18.2 Å². The van der Waals surface area contributed by atoms with Crippen molar-refractivity contribution in [3.8, 4) is 11.4 Å². The van der Waals surface area contributed by atoms with Gasteiger partial charge in [-0.1, -0.05) is 18.1 Å². The van der Waals surface area contributed by atoms with Gasteiger partial charge in [0.05, 0.1) is 5.69 Å². The van der Waals surface area contributed by atoms with Crippen LogP contribution in [-0.2, 0) is 16.4 Å². The lowest BCUT2D eigenvalue weighted by molar-refractivity contribution is 0.383. The predicted molar refractivity (Wildman–Crippen MR) is 88.9 cm³/mol. The second-order valence-corrected chi connectivity index (χ2v) is 7.91. The van der Waals surface area contributed by atoms with Crippen molar-refractivity contribution in [3.05, 3.63) is 46.9 Å². The van der Waals surface area contributed by atoms with Crippen molar-refractivity contribution >= 4 is 27.0 Å². The summed E-state index contributed by atoms with van der Waals surface area (Å²) in [6.07, 6.45) is 0.600. The van der Waals surface area contributed by atoms with Crippen LogP contribution in [0, 0.1) is 12.7 Å². The molecule has 126 valence electrons. The molecule has 2 aromatic heterocycles. The topological polar surface area (TPSA) is 85.1 Å². The summed E-state index contributed by atoms with van der Waals surface area (Å²) in [5, 5.41) is 5.45. The minimum absolute atomic E-state index is 0.0846. The lowest BCUT2D eigenvalue weighted by Crippen LogP contribution is -2.11. The fourth-order valence-electron chi connectivity index (χ4n) is 1.95. The maximum atomic E-state index is 13.6. The van der Waals surface area contributed by atoms with Crippen LogP contribution in [0.3, 0.4) is 0 Å². The Balaban J connectivity index is 1.86. The highest BCUT2D eigenvalue weighted by atomic mass is 32.2. The smallest absolute Gasteiger partial charge is 0.271 e. The number of rotatable bonds is 5. The molecule has 1 aromatic carbocycles. The van der Waals surface area contributed by atoms with E-state index >= 15 is 0 Å². The highest BCUT2D eigenvalue weighted by molar-refractivity contribution is 7.94. The molecule has 6 nitrogen and oxygen atoms in total. The molecule has 0 atom stereocenters. The second kappa shape index (κ2) is 6.33. The van der Waals surface area contributed by atoms with E-state index in [1.54, 1.807) is 12.3 Å². The molecule has 0 aliphatic carbocycles. The van der Waals surface area contributed by atoms with Gasteiger partial charge < -0.3 is 4.52 Å². The van der Waals surface area contributed by atoms with Gasteiger partial charge in [-0.25, -0.2) is 12.8 Å². The van der Waals surface area contributed by atoms with E-state index in [-0.39, 0.29) is 9.90 Å². The molecule has 0 saturated heterocycles. The van der Waals surface area contributed by atoms with Crippen molar-refractivity contribution in [2.24, 2.45) is 0 Å². The van der Waals surface area contributed by atoms with Crippen LogP contribution in [0.15, 0.2) is 38.4 Å². The zero-order chi connectivity index (χ0) is 17.3. The number of hydrogen-bond acceptors (Lipinski definition) is 6. The van der Waals surface area contributed by atoms with Gasteiger partial charge in [0.2, 0.25) is 11.7 Å². The van der Waals surface area contributed by atoms with E-state index in [4.69, 9.17) is 4.52 Å². The molecule has 0 aliphatic heterocycles. The number of benzene rings is 1. The van der Waals surface area contributed by atoms with Gasteiger partial charge in [0, 0.05) is 17.4 Å². The Hall–Kier alpha value is -2.26. The lowest BCUT2D eigenvalue weighted by Gasteiger charge is -2.07. The van der Waals surface area contributed by atoms with Crippen LogP contribution in [-0.4, -0.2) is 18.6 Å². The first-order chi connectivity index (χ1) is 11.4. The van der Waals surface area contributed by atoms with E-state index in [9.17, 15) is 12.8 Å². The van der Waals surface area contributed by atoms with Gasteiger partial charge in [-0.05, 0) is 30.7 Å². The van der Waals surface area contributed by atoms with Crippen molar-refractivity contribution in [1.29, 1.82) is 0 Å². The van der Waals surface area contributed by atoms with E-state index in [0.29, 0.717) is 29.3 Å². The van der Waals surface area contributed by atoms with Crippen LogP contribution in [0.4, 0.5) is 10.1 Å². The van der Waals surface area contributed by atoms with Crippen molar-refractivity contribution in [2.75, 3.05) is 4.72 Å². The van der Waals surface area contributed by atoms with Crippen LogP contribution in [0.2, 0.25) is 0 Å². The molecule has 0 unspecified atom stereocenters. The molecule has 1 N–H and O–H groups in total. The molecule has 2 heterocycles. The molecular weight excluding hydrogens is 353 g/mol. The third-order valence-corrected chi connectivity index (χ3v) is 6.11. The quantitative estimate of drug-likeness (QED) is 0.745. The van der Waals surface area contributed by atoms with Crippen LogP contribution in [0.5, 0.6) is 0 Å². The summed E-state index contributed by atoms with van der Waals surface area (Å²) in [6.45, 7) is 3.49. The van der Waals surface area contributed by atoms with E-state index in [2.05, 4.69) is 14.9 Å². The van der Waals surface area contributed by atoms with Crippen LogP contribution < -0.4 is 4.72 Å². The van der Waals surface area contributed by atoms with Crippen LogP contribution >= 0.6 is 11.3 Å². The standard InChI is InChI=1S/C15H14FN3O3S2/c1-3-13-17-15(18-22-13)10-6-14(23-8-10)24(20,21)19-11-5-4-9(2)12(16)7-11/h4-8,19H,3H2,1-2H3. The van der Waals surface area contributed by atoms with E-state index < -0.39 is 15.8 Å². The molecule has 0 spiro atoms. The number of aryl methyl sites for hydroxylation is 2. The molecular formula is C15H14FN3O3S2. The lowest BCUT2D eigenvalue weighted by atomic mass is 10.2. The summed E-state index contributed by atoms with van der Waals surface area (Å²) in [5.41, 5.74) is 1.17. The third kappa shape index (κ3) is 3.31. The SMILES string of the molecule is CCc1nc(-c2csc(S(=O)(=O)Nc3ccc(C)c(F)c3)c2)no1. The van der Waals surface area contributed by atoms with Gasteiger partial charge in [-0.3, -0.25) is 4.72 Å². The van der Waals surface area contributed by atoms with Gasteiger partial charge in [0.1, 0.15) is 10.0 Å². The predicted octanol–water partition coefficient (Wildman–Crippen LogP) is 3.61. The Kier molecular flexibility index (Phi) is 4.37. The fraction of sp³-hybridized carbons (Fsp3) is 0.200. The summed E-state index contributed by atoms with van der Waals surface area (Å²) >= 11 is 1.03. The average Bonchev–Trinajstić information content (AvgIpc) is 3.19. The maximum Gasteiger partial charge on any atom is 0.271 e. The number of hydrogen-bond donors (Lipinski definition) is 1. The largest absolute Gasteiger partial charge is 0.339 e. The van der Waals surface area contributed by atoms with Gasteiger partial charge in [-0.2, -0.15) is 4.98 Å². The summed E-state index contributed by atoms with van der Waals surface area (Å²) < 4.78 is 45.9. The Labute approximate surface area is 142 Å². The van der Waals surface area contributed by atoms with Crippen molar-refractivity contribution in [3.63, 3.8) is 0 Å². The molecule has 0 bridgehead atoms. The first-order valence-electron chi connectivity index (χ1n) is 7.09. The maximum absolute atomic E-state index is 13.6. The van der Waals surface area contributed by atoms with E-state index in [0.717, 1.165) is 17.4 Å². The molecule has 0 saturated carbocycles. The average molecular weight is 367 g/mol. The zero-order valence-corrected chi connectivity index (χ0v) is 14.5. The molecule has 3 aromatic rings. The Morgan fingerprint density at radius 1 is 1.33 bits per heavy atom. The van der Waals surface area contributed by atoms with Crippen molar-refractivity contribution < 1.29 is 17.3 Å². The number of nitrogens with one attached hydrogen (secondary N) is 1. The molecule has 24 heavy (non-hydrogen) atoms. The van der Waals surface area contributed by atoms with Gasteiger partial charge in [-0.15, -0.1) is 11.3 Å². The Morgan fingerprint density at radius 3 is 2.79 bits per heavy atom. The number of sulfonamides is 1. The summed E-state index contributed by atoms with van der Waals surface area (Å²) in [4.78, 5) is 4.16. The van der Waals surface area contributed by atoms with Gasteiger partial charge >= 0.3 is 0 Å². The number of thiophene rings is 1. The molecule has 0 radical (unpaired) electrons. The molecule has 3 rings (SSSR count). The summed E-state index contributed by atoms with van der Waals surface area (Å²) in [6, 6.07) is 5.63. The van der Waals surface area contributed by atoms with E-state index in [1.807, 2.05) is 6.92 Å². The summed E-state index contributed by atoms with van der Waals surface area (Å²) in [5.74, 6) is 0.348. The first kappa shape index (κ1) is 16.6. The monoisotopic (exact) mass is 367 g/mol. The number of nitrogens with zero attached hydrogens (tertiary/aromatic N) is 2. The fourth-order valence-corrected chi connectivity index (χ4v) is 4.16. The first-order valence-corrected chi connectivity index (χ1v) is 9.46. The van der Waals surface area contributed by atoms with Crippen molar-refractivity contribution in [1.82, 2.24) is 10.1 Å². The number of anilines is 1. The normalized spacial score (nSPS) is 11.6. The molecule has 9 heteroatoms. The Morgan fingerprint density at radius 2 is 2.12 bits per heavy atom. The van der Waals surface area contributed by atoms with Crippen LogP contribution in [0.1, 0.15) is 18.4 Å². The van der Waals surface area contributed by atoms with Gasteiger partial charge in [0.25, 0.3) is 10.0 Å². The highest BCUT2D eigenvalue weighted by Crippen LogP contribution is 2.28. The number of halogens is 1. The Bertz CT molecular complexity index is 980. The van der Waals surface area contributed by atoms with Crippen molar-refractivity contribution in [2.45, 2.75) is 24.5 Å². The highest BCUT2D eigenvalue weighted by Gasteiger charge is 2.19. The van der Waals surface area contributed by atoms with Crippen LogP contribution in [0.25, 0.3) is 11.4 Å². The zero-order valence-electron chi connectivity index (χ0n) is 12.9. The molecule has 0 amide bonds. The minimum atomic E-state index is -3.81. The van der Waals surface area contributed by atoms with Gasteiger partial charge in [0.15, 0.2) is 0 Å². The minimum Gasteiger partial charge on any atom is -0.339 e. The summed E-state index contributed by atoms with van der Waals surface area (Å²) in [7, 11) is -3.81. The molecule has 0 aliphatic rings. The third-order valence-electron chi connectivity index (χ3n) is 3.29.